The Labute approximate surface area is 201 Å². The molecule has 0 saturated carbocycles. The number of ether oxygens (including phenoxy) is 4. The Hall–Kier alpha value is -2.99. The van der Waals surface area contributed by atoms with Crippen LogP contribution >= 0.6 is 0 Å². The van der Waals surface area contributed by atoms with Gasteiger partial charge in [0, 0.05) is 5.92 Å². The van der Waals surface area contributed by atoms with Gasteiger partial charge in [-0.15, -0.1) is 0 Å². The molecule has 0 amide bonds. The van der Waals surface area contributed by atoms with Crippen LogP contribution in [-0.2, 0) is 32.2 Å². The molecule has 5 heteroatoms. The van der Waals surface area contributed by atoms with Crippen LogP contribution in [0.5, 0.6) is 0 Å². The van der Waals surface area contributed by atoms with Crippen molar-refractivity contribution in [3.8, 4) is 0 Å². The maximum absolute atomic E-state index is 12.6. The second-order valence-electron chi connectivity index (χ2n) is 8.73. The van der Waals surface area contributed by atoms with Gasteiger partial charge < -0.3 is 18.9 Å². The fraction of sp³-hybridized carbons (Fsp3) is 0.345. The first-order valence-corrected chi connectivity index (χ1v) is 11.8. The summed E-state index contributed by atoms with van der Waals surface area (Å²) in [4.78, 5) is 12.6. The molecule has 0 N–H and O–H groups in total. The Morgan fingerprint density at radius 2 is 1.24 bits per heavy atom. The lowest BCUT2D eigenvalue weighted by atomic mass is 9.88. The van der Waals surface area contributed by atoms with Crippen LogP contribution in [0.2, 0.25) is 0 Å². The third-order valence-electron chi connectivity index (χ3n) is 6.30. The Bertz CT molecular complexity index is 1010. The highest BCUT2D eigenvalue weighted by molar-refractivity contribution is 5.89. The minimum Gasteiger partial charge on any atom is -0.459 e. The molecule has 3 aromatic carbocycles. The van der Waals surface area contributed by atoms with Gasteiger partial charge in [0.1, 0.15) is 18.8 Å². The Morgan fingerprint density at radius 1 is 0.735 bits per heavy atom. The molecule has 1 heterocycles. The molecule has 0 aliphatic carbocycles. The molecule has 1 fully saturated rings. The van der Waals surface area contributed by atoms with Gasteiger partial charge in [-0.2, -0.15) is 0 Å². The molecular weight excluding hydrogens is 428 g/mol. The number of rotatable bonds is 9. The van der Waals surface area contributed by atoms with E-state index in [2.05, 4.69) is 6.92 Å². The Balaban J connectivity index is 1.49. The van der Waals surface area contributed by atoms with E-state index >= 15 is 0 Å². The zero-order valence-corrected chi connectivity index (χ0v) is 19.7. The van der Waals surface area contributed by atoms with E-state index in [1.54, 1.807) is 12.1 Å². The summed E-state index contributed by atoms with van der Waals surface area (Å²) in [7, 11) is 0. The van der Waals surface area contributed by atoms with E-state index in [4.69, 9.17) is 18.9 Å². The first-order chi connectivity index (χ1) is 16.6. The zero-order valence-electron chi connectivity index (χ0n) is 19.7. The molecule has 1 aliphatic rings. The summed E-state index contributed by atoms with van der Waals surface area (Å²) >= 11 is 0. The topological polar surface area (TPSA) is 54.0 Å². The second-order valence-corrected chi connectivity index (χ2v) is 8.73. The number of carbonyl (C=O) groups is 1. The van der Waals surface area contributed by atoms with Crippen molar-refractivity contribution in [3.05, 3.63) is 108 Å². The normalized spacial score (nSPS) is 24.5. The molecular formula is C29H32O5. The quantitative estimate of drug-likeness (QED) is 0.398. The largest absolute Gasteiger partial charge is 0.459 e. The molecule has 4 rings (SSSR count). The number of esters is 1. The zero-order chi connectivity index (χ0) is 23.8. The van der Waals surface area contributed by atoms with Gasteiger partial charge in [-0.25, -0.2) is 4.79 Å². The van der Waals surface area contributed by atoms with E-state index in [1.807, 2.05) is 85.8 Å². The molecule has 178 valence electrons. The lowest BCUT2D eigenvalue weighted by Crippen LogP contribution is -2.56. The van der Waals surface area contributed by atoms with Crippen molar-refractivity contribution in [1.82, 2.24) is 0 Å². The summed E-state index contributed by atoms with van der Waals surface area (Å²) < 4.78 is 24.8. The molecule has 1 aliphatic heterocycles. The highest BCUT2D eigenvalue weighted by Gasteiger charge is 2.44. The van der Waals surface area contributed by atoms with Crippen LogP contribution in [0.3, 0.4) is 0 Å². The Morgan fingerprint density at radius 3 is 1.79 bits per heavy atom. The molecule has 3 aromatic rings. The van der Waals surface area contributed by atoms with Crippen LogP contribution < -0.4 is 0 Å². The van der Waals surface area contributed by atoms with Crippen LogP contribution in [0, 0.1) is 5.92 Å². The summed E-state index contributed by atoms with van der Waals surface area (Å²) in [5.41, 5.74) is 2.68. The van der Waals surface area contributed by atoms with E-state index in [1.165, 1.54) is 0 Å². The van der Waals surface area contributed by atoms with E-state index in [-0.39, 0.29) is 30.7 Å². The van der Waals surface area contributed by atoms with Gasteiger partial charge in [-0.3, -0.25) is 0 Å². The molecule has 1 saturated heterocycles. The van der Waals surface area contributed by atoms with Crippen LogP contribution in [0.15, 0.2) is 91.0 Å². The molecule has 34 heavy (non-hydrogen) atoms. The SMILES string of the molecule is CC1[C@@H](C)OC(COC(=O)c2ccccc2)[C@H](OCc2ccccc2)[C@H]1OCc1ccccc1. The highest BCUT2D eigenvalue weighted by Crippen LogP contribution is 2.32. The van der Waals surface area contributed by atoms with Gasteiger partial charge in [0.2, 0.25) is 0 Å². The summed E-state index contributed by atoms with van der Waals surface area (Å²) in [6, 6.07) is 29.1. The van der Waals surface area contributed by atoms with Gasteiger partial charge in [0.05, 0.1) is 31.0 Å². The van der Waals surface area contributed by atoms with Crippen molar-refractivity contribution in [2.24, 2.45) is 5.92 Å². The van der Waals surface area contributed by atoms with Crippen molar-refractivity contribution < 1.29 is 23.7 Å². The molecule has 0 spiro atoms. The van der Waals surface area contributed by atoms with Crippen molar-refractivity contribution in [3.63, 3.8) is 0 Å². The van der Waals surface area contributed by atoms with Crippen LogP contribution in [0.1, 0.15) is 35.3 Å². The molecule has 0 bridgehead atoms. The predicted octanol–water partition coefficient (Wildman–Crippen LogP) is 5.44. The predicted molar refractivity (Wildman–Crippen MR) is 130 cm³/mol. The van der Waals surface area contributed by atoms with E-state index < -0.39 is 12.2 Å². The van der Waals surface area contributed by atoms with Gasteiger partial charge in [-0.05, 0) is 30.2 Å². The van der Waals surface area contributed by atoms with E-state index in [0.717, 1.165) is 11.1 Å². The number of hydrogen-bond donors (Lipinski definition) is 0. The summed E-state index contributed by atoms with van der Waals surface area (Å²) in [6.07, 6.45) is -1.12. The van der Waals surface area contributed by atoms with Gasteiger partial charge >= 0.3 is 5.97 Å². The standard InChI is InChI=1S/C29H32O5/c1-21-22(2)34-26(20-33-29(30)25-16-10-5-11-17-25)28(32-19-24-14-8-4-9-15-24)27(21)31-18-23-12-6-3-7-13-23/h3-17,21-22,26-28H,18-20H2,1-2H3/t21?,22-,26?,27+,28+/m1/s1. The molecule has 2 unspecified atom stereocenters. The third-order valence-corrected chi connectivity index (χ3v) is 6.30. The van der Waals surface area contributed by atoms with Gasteiger partial charge in [-0.1, -0.05) is 85.8 Å². The monoisotopic (exact) mass is 460 g/mol. The van der Waals surface area contributed by atoms with Crippen LogP contribution in [-0.4, -0.2) is 37.0 Å². The summed E-state index contributed by atoms with van der Waals surface area (Å²) in [5, 5.41) is 0. The lowest BCUT2D eigenvalue weighted by molar-refractivity contribution is -0.234. The Kier molecular flexibility index (Phi) is 8.47. The minimum absolute atomic E-state index is 0.0715. The van der Waals surface area contributed by atoms with Gasteiger partial charge in [0.15, 0.2) is 0 Å². The van der Waals surface area contributed by atoms with E-state index in [0.29, 0.717) is 18.8 Å². The average Bonchev–Trinajstić information content (AvgIpc) is 2.89. The molecule has 5 nitrogen and oxygen atoms in total. The van der Waals surface area contributed by atoms with Gasteiger partial charge in [0.25, 0.3) is 0 Å². The lowest BCUT2D eigenvalue weighted by Gasteiger charge is -2.44. The fourth-order valence-corrected chi connectivity index (χ4v) is 4.19. The first-order valence-electron chi connectivity index (χ1n) is 11.8. The maximum atomic E-state index is 12.6. The second kappa shape index (κ2) is 11.9. The summed E-state index contributed by atoms with van der Waals surface area (Å²) in [5.74, 6) is -0.274. The molecule has 0 radical (unpaired) electrons. The van der Waals surface area contributed by atoms with Crippen molar-refractivity contribution in [2.45, 2.75) is 51.5 Å². The minimum atomic E-state index is -0.441. The van der Waals surface area contributed by atoms with Crippen LogP contribution in [0.4, 0.5) is 0 Å². The van der Waals surface area contributed by atoms with Crippen molar-refractivity contribution >= 4 is 5.97 Å². The fourth-order valence-electron chi connectivity index (χ4n) is 4.19. The number of carbonyl (C=O) groups excluding carboxylic acids is 1. The maximum Gasteiger partial charge on any atom is 0.338 e. The number of benzene rings is 3. The van der Waals surface area contributed by atoms with Crippen molar-refractivity contribution in [2.75, 3.05) is 6.61 Å². The van der Waals surface area contributed by atoms with Crippen LogP contribution in [0.25, 0.3) is 0 Å². The first kappa shape index (κ1) is 24.1. The van der Waals surface area contributed by atoms with E-state index in [9.17, 15) is 4.79 Å². The van der Waals surface area contributed by atoms with Crippen molar-refractivity contribution in [1.29, 1.82) is 0 Å². The smallest absolute Gasteiger partial charge is 0.338 e. The molecule has 5 atom stereocenters. The molecule has 0 aromatic heterocycles. The highest BCUT2D eigenvalue weighted by atomic mass is 16.6. The number of hydrogen-bond acceptors (Lipinski definition) is 5. The third kappa shape index (κ3) is 6.32. The summed E-state index contributed by atoms with van der Waals surface area (Å²) in [6.45, 7) is 5.14. The average molecular weight is 461 g/mol.